The molecule has 202 valence electrons. The van der Waals surface area contributed by atoms with Crippen LogP contribution in [0.2, 0.25) is 0 Å². The fraction of sp³-hybridized carbons (Fsp3) is 0.486. The average Bonchev–Trinajstić information content (AvgIpc) is 2.93. The largest absolute Gasteiger partial charge is 0.294 e. The molecule has 0 spiro atoms. The summed E-state index contributed by atoms with van der Waals surface area (Å²) in [7, 11) is 0. The van der Waals surface area contributed by atoms with Crippen LogP contribution in [0.5, 0.6) is 0 Å². The van der Waals surface area contributed by atoms with Gasteiger partial charge in [0.05, 0.1) is 0 Å². The molecule has 38 heavy (non-hydrogen) atoms. The molecule has 1 unspecified atom stereocenters. The van der Waals surface area contributed by atoms with Crippen molar-refractivity contribution in [3.05, 3.63) is 107 Å². The smallest absolute Gasteiger partial charge is 0.163 e. The lowest BCUT2D eigenvalue weighted by atomic mass is 9.69. The predicted octanol–water partition coefficient (Wildman–Crippen LogP) is 10.5. The van der Waals surface area contributed by atoms with Crippen molar-refractivity contribution < 1.29 is 4.79 Å². The van der Waals surface area contributed by atoms with E-state index in [4.69, 9.17) is 0 Å². The summed E-state index contributed by atoms with van der Waals surface area (Å²) in [4.78, 5) is 12.9. The number of unbranched alkanes of at least 4 members (excludes halogenated alkanes) is 1. The number of benzene rings is 3. The minimum Gasteiger partial charge on any atom is -0.294 e. The van der Waals surface area contributed by atoms with Crippen LogP contribution in [0, 0.1) is 31.6 Å². The van der Waals surface area contributed by atoms with Crippen molar-refractivity contribution in [2.45, 2.75) is 97.3 Å². The molecule has 1 fully saturated rings. The highest BCUT2D eigenvalue weighted by Gasteiger charge is 2.30. The SMILES string of the molecule is CCCC(CCCCC(=O)c1c(C)cccc1C)CC1CCC(C(c2ccccc2)c2ccccc2)CC1. The van der Waals surface area contributed by atoms with Crippen LogP contribution in [0.15, 0.2) is 78.9 Å². The molecule has 3 aromatic rings. The Bertz CT molecular complexity index is 1050. The number of rotatable bonds is 13. The van der Waals surface area contributed by atoms with E-state index in [9.17, 15) is 4.79 Å². The summed E-state index contributed by atoms with van der Waals surface area (Å²) in [5.41, 5.74) is 6.15. The highest BCUT2D eigenvalue weighted by Crippen LogP contribution is 2.43. The van der Waals surface area contributed by atoms with Crippen LogP contribution in [-0.2, 0) is 0 Å². The minimum atomic E-state index is 0.331. The molecule has 4 rings (SSSR count). The van der Waals surface area contributed by atoms with Crippen molar-refractivity contribution in [2.24, 2.45) is 17.8 Å². The number of ketones is 1. The third-order valence-electron chi connectivity index (χ3n) is 9.07. The number of Topliss-reactive ketones (excluding diaryl/α,β-unsaturated/α-hetero) is 1. The van der Waals surface area contributed by atoms with Gasteiger partial charge >= 0.3 is 0 Å². The Morgan fingerprint density at radius 1 is 0.737 bits per heavy atom. The van der Waals surface area contributed by atoms with Crippen molar-refractivity contribution in [3.63, 3.8) is 0 Å². The monoisotopic (exact) mass is 508 g/mol. The Kier molecular flexibility index (Phi) is 10.8. The van der Waals surface area contributed by atoms with E-state index in [-0.39, 0.29) is 0 Å². The molecular formula is C37H48O. The average molecular weight is 509 g/mol. The Morgan fingerprint density at radius 3 is 1.87 bits per heavy atom. The molecule has 0 aromatic heterocycles. The van der Waals surface area contributed by atoms with Gasteiger partial charge in [-0.25, -0.2) is 0 Å². The molecule has 0 N–H and O–H groups in total. The van der Waals surface area contributed by atoms with Crippen molar-refractivity contribution in [1.82, 2.24) is 0 Å². The Balaban J connectivity index is 1.27. The third kappa shape index (κ3) is 7.68. The van der Waals surface area contributed by atoms with Crippen molar-refractivity contribution >= 4 is 5.78 Å². The molecule has 0 radical (unpaired) electrons. The standard InChI is InChI=1S/C37H48O/c1-4-14-30(17-11-12-22-35(38)36-28(2)15-13-16-29(36)3)27-31-23-25-34(26-24-31)37(32-18-7-5-8-19-32)33-20-9-6-10-21-33/h5-10,13,15-16,18-21,30-31,34,37H,4,11-12,14,17,22-27H2,1-3H3. The van der Waals surface area contributed by atoms with E-state index >= 15 is 0 Å². The second kappa shape index (κ2) is 14.5. The van der Waals surface area contributed by atoms with Gasteiger partial charge in [0.25, 0.3) is 0 Å². The second-order valence-electron chi connectivity index (χ2n) is 11.9. The molecule has 0 bridgehead atoms. The van der Waals surface area contributed by atoms with Gasteiger partial charge in [-0.2, -0.15) is 0 Å². The van der Waals surface area contributed by atoms with Gasteiger partial charge in [-0.3, -0.25) is 4.79 Å². The molecule has 1 heteroatoms. The van der Waals surface area contributed by atoms with E-state index in [1.54, 1.807) is 0 Å². The fourth-order valence-corrected chi connectivity index (χ4v) is 7.17. The fourth-order valence-electron chi connectivity index (χ4n) is 7.17. The topological polar surface area (TPSA) is 17.1 Å². The van der Waals surface area contributed by atoms with Gasteiger partial charge in [-0.1, -0.05) is 124 Å². The maximum Gasteiger partial charge on any atom is 0.163 e. The van der Waals surface area contributed by atoms with Gasteiger partial charge in [0.15, 0.2) is 5.78 Å². The zero-order valence-electron chi connectivity index (χ0n) is 24.0. The van der Waals surface area contributed by atoms with E-state index in [0.29, 0.717) is 18.1 Å². The van der Waals surface area contributed by atoms with E-state index in [1.165, 1.54) is 68.9 Å². The summed E-state index contributed by atoms with van der Waals surface area (Å²) in [5, 5.41) is 0. The molecule has 0 amide bonds. The maximum atomic E-state index is 12.9. The molecular weight excluding hydrogens is 460 g/mol. The van der Waals surface area contributed by atoms with Crippen LogP contribution in [0.1, 0.15) is 116 Å². The van der Waals surface area contributed by atoms with E-state index in [0.717, 1.165) is 40.9 Å². The van der Waals surface area contributed by atoms with Gasteiger partial charge in [-0.05, 0) is 79.5 Å². The zero-order chi connectivity index (χ0) is 26.7. The number of aryl methyl sites for hydroxylation is 2. The lowest BCUT2D eigenvalue weighted by molar-refractivity contribution is 0.0977. The Labute approximate surface area is 232 Å². The van der Waals surface area contributed by atoms with Gasteiger partial charge in [0, 0.05) is 17.9 Å². The third-order valence-corrected chi connectivity index (χ3v) is 9.07. The Morgan fingerprint density at radius 2 is 1.32 bits per heavy atom. The van der Waals surface area contributed by atoms with Crippen LogP contribution < -0.4 is 0 Å². The van der Waals surface area contributed by atoms with Crippen LogP contribution >= 0.6 is 0 Å². The van der Waals surface area contributed by atoms with Gasteiger partial charge in [0.2, 0.25) is 0 Å². The molecule has 0 heterocycles. The molecule has 1 saturated carbocycles. The normalized spacial score (nSPS) is 18.4. The molecule has 0 saturated heterocycles. The summed E-state index contributed by atoms with van der Waals surface area (Å²) in [6, 6.07) is 28.5. The first-order chi connectivity index (χ1) is 18.6. The zero-order valence-corrected chi connectivity index (χ0v) is 24.0. The van der Waals surface area contributed by atoms with Crippen LogP contribution in [0.4, 0.5) is 0 Å². The summed E-state index contributed by atoms with van der Waals surface area (Å²) in [6.07, 6.45) is 13.6. The molecule has 1 nitrogen and oxygen atoms in total. The van der Waals surface area contributed by atoms with E-state index < -0.39 is 0 Å². The highest BCUT2D eigenvalue weighted by atomic mass is 16.1. The number of hydrogen-bond acceptors (Lipinski definition) is 1. The first-order valence-electron chi connectivity index (χ1n) is 15.3. The van der Waals surface area contributed by atoms with Gasteiger partial charge in [-0.15, -0.1) is 0 Å². The van der Waals surface area contributed by atoms with Gasteiger partial charge < -0.3 is 0 Å². The van der Waals surface area contributed by atoms with Crippen molar-refractivity contribution in [1.29, 1.82) is 0 Å². The lowest BCUT2D eigenvalue weighted by Crippen LogP contribution is -2.23. The lowest BCUT2D eigenvalue weighted by Gasteiger charge is -2.36. The highest BCUT2D eigenvalue weighted by molar-refractivity contribution is 5.98. The summed E-state index contributed by atoms with van der Waals surface area (Å²) >= 11 is 0. The molecule has 3 aromatic carbocycles. The Hall–Kier alpha value is -2.67. The summed E-state index contributed by atoms with van der Waals surface area (Å²) in [5.74, 6) is 3.26. The first-order valence-corrected chi connectivity index (χ1v) is 15.3. The minimum absolute atomic E-state index is 0.331. The molecule has 1 aliphatic carbocycles. The van der Waals surface area contributed by atoms with Crippen LogP contribution in [0.25, 0.3) is 0 Å². The quantitative estimate of drug-likeness (QED) is 0.166. The van der Waals surface area contributed by atoms with Crippen molar-refractivity contribution in [2.75, 3.05) is 0 Å². The van der Waals surface area contributed by atoms with Gasteiger partial charge in [0.1, 0.15) is 0 Å². The van der Waals surface area contributed by atoms with Crippen LogP contribution in [0.3, 0.4) is 0 Å². The first kappa shape index (κ1) is 28.3. The molecule has 1 atom stereocenters. The molecule has 1 aliphatic rings. The predicted molar refractivity (Wildman–Crippen MR) is 162 cm³/mol. The van der Waals surface area contributed by atoms with E-state index in [2.05, 4.69) is 93.6 Å². The maximum absolute atomic E-state index is 12.9. The number of carbonyl (C=O) groups is 1. The summed E-state index contributed by atoms with van der Waals surface area (Å²) in [6.45, 7) is 6.46. The second-order valence-corrected chi connectivity index (χ2v) is 11.9. The number of hydrogen-bond donors (Lipinski definition) is 0. The number of carbonyl (C=O) groups excluding carboxylic acids is 1. The van der Waals surface area contributed by atoms with Crippen LogP contribution in [-0.4, -0.2) is 5.78 Å². The summed E-state index contributed by atoms with van der Waals surface area (Å²) < 4.78 is 0. The van der Waals surface area contributed by atoms with E-state index in [1.807, 2.05) is 6.07 Å². The van der Waals surface area contributed by atoms with Crippen molar-refractivity contribution in [3.8, 4) is 0 Å². The molecule has 0 aliphatic heterocycles.